The minimum atomic E-state index is -0.436. The highest BCUT2D eigenvalue weighted by molar-refractivity contribution is 7.21. The van der Waals surface area contributed by atoms with Crippen LogP contribution in [0.25, 0.3) is 27.6 Å². The summed E-state index contributed by atoms with van der Waals surface area (Å²) >= 11 is 7.30. The first-order valence-electron chi connectivity index (χ1n) is 9.45. The molecule has 0 aliphatic carbocycles. The van der Waals surface area contributed by atoms with Crippen molar-refractivity contribution in [2.75, 3.05) is 0 Å². The summed E-state index contributed by atoms with van der Waals surface area (Å²) in [5.74, 6) is 0.476. The number of thiazole rings is 1. The van der Waals surface area contributed by atoms with E-state index in [9.17, 15) is 10.1 Å². The monoisotopic (exact) mass is 460 g/mol. The number of azo groups is 1. The second-order valence-electron chi connectivity index (χ2n) is 6.73. The normalized spacial score (nSPS) is 11.4. The van der Waals surface area contributed by atoms with Gasteiger partial charge in [-0.1, -0.05) is 53.3 Å². The average molecular weight is 461 g/mol. The number of hydrogen-bond acceptors (Lipinski definition) is 7. The lowest BCUT2D eigenvalue weighted by atomic mass is 10.2. The molecule has 0 fully saturated rings. The van der Waals surface area contributed by atoms with Crippen molar-refractivity contribution >= 4 is 44.3 Å². The Kier molecular flexibility index (Phi) is 5.18. The minimum absolute atomic E-state index is 0.0182. The number of non-ortho nitro benzene ring substituents is 1. The van der Waals surface area contributed by atoms with Crippen LogP contribution < -0.4 is 0 Å². The van der Waals surface area contributed by atoms with Gasteiger partial charge in [0.15, 0.2) is 10.8 Å². The van der Waals surface area contributed by atoms with E-state index in [-0.39, 0.29) is 5.69 Å². The maximum absolute atomic E-state index is 10.9. The highest BCUT2D eigenvalue weighted by Gasteiger charge is 2.19. The molecule has 0 N–H and O–H groups in total. The van der Waals surface area contributed by atoms with Gasteiger partial charge >= 0.3 is 0 Å². The Morgan fingerprint density at radius 3 is 2.31 bits per heavy atom. The molecule has 0 amide bonds. The van der Waals surface area contributed by atoms with E-state index in [0.717, 1.165) is 11.3 Å². The Balaban J connectivity index is 1.59. The second-order valence-corrected chi connectivity index (χ2v) is 8.12. The Hall–Kier alpha value is -3.95. The average Bonchev–Trinajstić information content (AvgIpc) is 3.37. The van der Waals surface area contributed by atoms with E-state index in [0.29, 0.717) is 32.1 Å². The molecule has 0 saturated carbocycles. The fourth-order valence-electron chi connectivity index (χ4n) is 3.11. The third kappa shape index (κ3) is 3.86. The maximum Gasteiger partial charge on any atom is 0.269 e. The van der Waals surface area contributed by atoms with Crippen molar-refractivity contribution in [3.63, 3.8) is 0 Å². The van der Waals surface area contributed by atoms with Gasteiger partial charge in [0.25, 0.3) is 5.69 Å². The molecule has 2 aromatic heterocycles. The molecule has 5 aromatic rings. The van der Waals surface area contributed by atoms with E-state index >= 15 is 0 Å². The Morgan fingerprint density at radius 1 is 0.906 bits per heavy atom. The molecule has 0 radical (unpaired) electrons. The number of halogens is 1. The van der Waals surface area contributed by atoms with E-state index < -0.39 is 4.92 Å². The number of nitro benzene ring substituents is 1. The molecule has 2 heterocycles. The van der Waals surface area contributed by atoms with Crippen molar-refractivity contribution in [1.82, 2.24) is 14.6 Å². The SMILES string of the molecule is O=[N+]([O-])c1ccc(-c2nc3sc(N=Nc4ccc(Cl)cc4)c(-c4ccccc4)n3n2)cc1. The van der Waals surface area contributed by atoms with Gasteiger partial charge in [-0.2, -0.15) is 4.98 Å². The van der Waals surface area contributed by atoms with Crippen molar-refractivity contribution in [3.05, 3.63) is 94.0 Å². The van der Waals surface area contributed by atoms with Crippen LogP contribution in [0.2, 0.25) is 5.02 Å². The van der Waals surface area contributed by atoms with E-state index in [1.807, 2.05) is 30.3 Å². The zero-order chi connectivity index (χ0) is 22.1. The quantitative estimate of drug-likeness (QED) is 0.158. The van der Waals surface area contributed by atoms with Gasteiger partial charge in [-0.05, 0) is 36.4 Å². The van der Waals surface area contributed by atoms with E-state index in [1.165, 1.54) is 23.5 Å². The summed E-state index contributed by atoms with van der Waals surface area (Å²) in [5.41, 5.74) is 3.08. The summed E-state index contributed by atoms with van der Waals surface area (Å²) in [6, 6.07) is 23.0. The number of rotatable bonds is 5. The molecule has 0 unspecified atom stereocenters. The molecule has 8 nitrogen and oxygen atoms in total. The first-order chi connectivity index (χ1) is 15.6. The van der Waals surface area contributed by atoms with Gasteiger partial charge in [0.2, 0.25) is 4.96 Å². The van der Waals surface area contributed by atoms with Crippen LogP contribution in [0.3, 0.4) is 0 Å². The summed E-state index contributed by atoms with van der Waals surface area (Å²) in [4.78, 5) is 15.7. The number of benzene rings is 3. The summed E-state index contributed by atoms with van der Waals surface area (Å²) in [5, 5.41) is 25.6. The third-order valence-corrected chi connectivity index (χ3v) is 5.81. The van der Waals surface area contributed by atoms with Gasteiger partial charge in [-0.25, -0.2) is 4.52 Å². The molecule has 5 rings (SSSR count). The van der Waals surface area contributed by atoms with Gasteiger partial charge < -0.3 is 0 Å². The molecule has 3 aromatic carbocycles. The van der Waals surface area contributed by atoms with E-state index in [4.69, 9.17) is 11.6 Å². The van der Waals surface area contributed by atoms with Crippen LogP contribution in [0.5, 0.6) is 0 Å². The smallest absolute Gasteiger partial charge is 0.258 e. The molecule has 0 atom stereocenters. The number of aromatic nitrogens is 3. The largest absolute Gasteiger partial charge is 0.269 e. The molecule has 156 valence electrons. The summed E-state index contributed by atoms with van der Waals surface area (Å²) in [6.45, 7) is 0. The first kappa shape index (κ1) is 20.0. The Bertz CT molecular complexity index is 1440. The van der Waals surface area contributed by atoms with Crippen LogP contribution in [0, 0.1) is 10.1 Å². The Labute approximate surface area is 190 Å². The summed E-state index contributed by atoms with van der Waals surface area (Å²) in [6.07, 6.45) is 0. The zero-order valence-electron chi connectivity index (χ0n) is 16.3. The fraction of sp³-hybridized carbons (Fsp3) is 0. The van der Waals surface area contributed by atoms with Crippen LogP contribution >= 0.6 is 22.9 Å². The van der Waals surface area contributed by atoms with Crippen LogP contribution in [-0.4, -0.2) is 19.5 Å². The lowest BCUT2D eigenvalue weighted by molar-refractivity contribution is -0.384. The second kappa shape index (κ2) is 8.29. The van der Waals surface area contributed by atoms with Crippen molar-refractivity contribution in [2.45, 2.75) is 0 Å². The van der Waals surface area contributed by atoms with Crippen molar-refractivity contribution < 1.29 is 4.92 Å². The van der Waals surface area contributed by atoms with Crippen LogP contribution in [-0.2, 0) is 0 Å². The molecular formula is C22H13ClN6O2S. The predicted octanol–water partition coefficient (Wildman–Crippen LogP) is 7.10. The molecule has 32 heavy (non-hydrogen) atoms. The van der Waals surface area contributed by atoms with Gasteiger partial charge in [0.05, 0.1) is 10.6 Å². The summed E-state index contributed by atoms with van der Waals surface area (Å²) in [7, 11) is 0. The van der Waals surface area contributed by atoms with Gasteiger partial charge in [-0.15, -0.1) is 15.3 Å². The molecular weight excluding hydrogens is 448 g/mol. The highest BCUT2D eigenvalue weighted by atomic mass is 35.5. The van der Waals surface area contributed by atoms with Gasteiger partial charge in [-0.3, -0.25) is 10.1 Å². The van der Waals surface area contributed by atoms with E-state index in [2.05, 4.69) is 20.3 Å². The number of fused-ring (bicyclic) bond motifs is 1. The fourth-order valence-corrected chi connectivity index (χ4v) is 4.14. The van der Waals surface area contributed by atoms with Gasteiger partial charge in [0, 0.05) is 28.3 Å². The van der Waals surface area contributed by atoms with Crippen molar-refractivity contribution in [1.29, 1.82) is 0 Å². The summed E-state index contributed by atoms with van der Waals surface area (Å²) < 4.78 is 1.73. The number of hydrogen-bond donors (Lipinski definition) is 0. The molecule has 0 saturated heterocycles. The Morgan fingerprint density at radius 2 is 1.62 bits per heavy atom. The van der Waals surface area contributed by atoms with Crippen LogP contribution in [0.15, 0.2) is 89.1 Å². The van der Waals surface area contributed by atoms with Gasteiger partial charge in [0.1, 0.15) is 5.69 Å². The highest BCUT2D eigenvalue weighted by Crippen LogP contribution is 2.39. The molecule has 0 bridgehead atoms. The van der Waals surface area contributed by atoms with Crippen molar-refractivity contribution in [2.24, 2.45) is 10.2 Å². The minimum Gasteiger partial charge on any atom is -0.258 e. The predicted molar refractivity (Wildman–Crippen MR) is 124 cm³/mol. The lowest BCUT2D eigenvalue weighted by Gasteiger charge is -2.00. The molecule has 10 heteroatoms. The van der Waals surface area contributed by atoms with Crippen LogP contribution in [0.4, 0.5) is 16.4 Å². The molecule has 0 aliphatic rings. The number of nitro groups is 1. The van der Waals surface area contributed by atoms with Crippen molar-refractivity contribution in [3.8, 4) is 22.6 Å². The molecule has 0 spiro atoms. The molecule has 0 aliphatic heterocycles. The standard InChI is InChI=1S/C22H13ClN6O2S/c23-16-8-10-17(11-9-16)25-26-21-19(14-4-2-1-3-5-14)28-22(32-21)24-20(27-28)15-6-12-18(13-7-15)29(30)31/h1-13H. The first-order valence-corrected chi connectivity index (χ1v) is 10.6. The maximum atomic E-state index is 10.9. The third-order valence-electron chi connectivity index (χ3n) is 4.65. The van der Waals surface area contributed by atoms with E-state index in [1.54, 1.807) is 40.9 Å². The zero-order valence-corrected chi connectivity index (χ0v) is 17.9. The number of nitrogens with zero attached hydrogens (tertiary/aromatic N) is 6. The topological polar surface area (TPSA) is 98.0 Å². The lowest BCUT2D eigenvalue weighted by Crippen LogP contribution is -1.90. The van der Waals surface area contributed by atoms with Crippen LogP contribution in [0.1, 0.15) is 0 Å².